The number of hydrogen-bond donors (Lipinski definition) is 1. The third-order valence-corrected chi connectivity index (χ3v) is 3.82. The van der Waals surface area contributed by atoms with E-state index in [1.807, 2.05) is 0 Å². The molecule has 0 aliphatic carbocycles. The van der Waals surface area contributed by atoms with Gasteiger partial charge in [0.1, 0.15) is 6.33 Å². The fourth-order valence-electron chi connectivity index (χ4n) is 2.34. The summed E-state index contributed by atoms with van der Waals surface area (Å²) in [5, 5.41) is 8.50. The number of carboxylic acids is 1. The van der Waals surface area contributed by atoms with Crippen LogP contribution in [0.15, 0.2) is 49.1 Å². The van der Waals surface area contributed by atoms with Crippen molar-refractivity contribution in [3.05, 3.63) is 49.1 Å². The summed E-state index contributed by atoms with van der Waals surface area (Å²) in [4.78, 5) is 17.7. The highest BCUT2D eigenvalue weighted by Gasteiger charge is 1.95. The molecule has 26 heavy (non-hydrogen) atoms. The van der Waals surface area contributed by atoms with Gasteiger partial charge >= 0.3 is 5.97 Å². The zero-order valence-corrected chi connectivity index (χ0v) is 16.4. The van der Waals surface area contributed by atoms with Crippen LogP contribution in [0.5, 0.6) is 0 Å². The summed E-state index contributed by atoms with van der Waals surface area (Å²) < 4.78 is 0. The van der Waals surface area contributed by atoms with E-state index in [0.29, 0.717) is 6.42 Å². The molecule has 1 rings (SSSR count). The van der Waals surface area contributed by atoms with Crippen molar-refractivity contribution in [2.24, 2.45) is 0 Å². The molecule has 0 atom stereocenters. The topological polar surface area (TPSA) is 63.1 Å². The van der Waals surface area contributed by atoms with Crippen LogP contribution in [0.2, 0.25) is 0 Å². The highest BCUT2D eigenvalue weighted by atomic mass is 16.4. The van der Waals surface area contributed by atoms with E-state index in [-0.39, 0.29) is 0 Å². The van der Waals surface area contributed by atoms with Crippen molar-refractivity contribution >= 4 is 5.97 Å². The Bertz CT molecular complexity index is 432. The van der Waals surface area contributed by atoms with E-state index in [1.165, 1.54) is 51.3 Å². The minimum absolute atomic E-state index is 0.324. The van der Waals surface area contributed by atoms with Gasteiger partial charge in [0.05, 0.1) is 0 Å². The zero-order valence-electron chi connectivity index (χ0n) is 16.4. The normalized spacial score (nSPS) is 10.8. The summed E-state index contributed by atoms with van der Waals surface area (Å²) in [6.45, 7) is 2.23. The van der Waals surface area contributed by atoms with Crippen LogP contribution in [0.4, 0.5) is 0 Å². The molecule has 0 radical (unpaired) electrons. The Balaban J connectivity index is 0.000000867. The van der Waals surface area contributed by atoms with Crippen LogP contribution in [0.3, 0.4) is 0 Å². The number of carbonyl (C=O) groups is 1. The maximum Gasteiger partial charge on any atom is 0.303 e. The molecule has 0 aliphatic heterocycles. The van der Waals surface area contributed by atoms with Gasteiger partial charge in [0.25, 0.3) is 0 Å². The molecule has 1 N–H and O–H groups in total. The van der Waals surface area contributed by atoms with Crippen LogP contribution in [0.25, 0.3) is 0 Å². The van der Waals surface area contributed by atoms with Crippen LogP contribution in [0, 0.1) is 0 Å². The molecule has 0 spiro atoms. The standard InChI is InChI=1S/C18H32O2.C4H4N2/c1-2-3-4-5-6-7-8-9-10-11-12-13-14-15-16-17-18(19)20;1-2-5-4-6-3-1/h6-7,9-10H,2-5,8,11-17H2,1H3,(H,19,20);1-4H/b7-6-,10-9-;. The third kappa shape index (κ3) is 22.0. The SMILES string of the molecule is CCCCC/C=C\C/C=C\CCCCCCCC(=O)O.c1cncnc1. The lowest BCUT2D eigenvalue weighted by molar-refractivity contribution is -0.137. The minimum Gasteiger partial charge on any atom is -0.481 e. The maximum absolute atomic E-state index is 10.3. The van der Waals surface area contributed by atoms with Crippen LogP contribution >= 0.6 is 0 Å². The lowest BCUT2D eigenvalue weighted by atomic mass is 10.1. The van der Waals surface area contributed by atoms with Crippen molar-refractivity contribution < 1.29 is 9.90 Å². The van der Waals surface area contributed by atoms with Crippen molar-refractivity contribution in [2.45, 2.75) is 84.0 Å². The van der Waals surface area contributed by atoms with Gasteiger partial charge in [-0.05, 0) is 44.6 Å². The average Bonchev–Trinajstić information content (AvgIpc) is 2.66. The molecular weight excluding hydrogens is 324 g/mol. The molecule has 0 aromatic carbocycles. The lowest BCUT2D eigenvalue weighted by Crippen LogP contribution is -1.93. The summed E-state index contributed by atoms with van der Waals surface area (Å²) in [6.07, 6.45) is 27.2. The van der Waals surface area contributed by atoms with Gasteiger partial charge in [-0.15, -0.1) is 0 Å². The molecule has 0 bridgehead atoms. The first-order chi connectivity index (χ1) is 12.8. The predicted octanol–water partition coefficient (Wildman–Crippen LogP) is 6.36. The van der Waals surface area contributed by atoms with E-state index in [4.69, 9.17) is 5.11 Å². The number of unbranched alkanes of at least 4 members (excludes halogenated alkanes) is 8. The van der Waals surface area contributed by atoms with E-state index in [1.54, 1.807) is 18.5 Å². The van der Waals surface area contributed by atoms with Gasteiger partial charge in [-0.3, -0.25) is 4.79 Å². The molecule has 0 aliphatic rings. The zero-order chi connectivity index (χ0) is 19.1. The van der Waals surface area contributed by atoms with Gasteiger partial charge in [-0.2, -0.15) is 0 Å². The molecule has 146 valence electrons. The van der Waals surface area contributed by atoms with Crippen LogP contribution in [-0.4, -0.2) is 21.0 Å². The highest BCUT2D eigenvalue weighted by molar-refractivity contribution is 5.66. The number of aliphatic carboxylic acids is 1. The van der Waals surface area contributed by atoms with Gasteiger partial charge in [0.2, 0.25) is 0 Å². The molecule has 1 aromatic rings. The van der Waals surface area contributed by atoms with E-state index >= 15 is 0 Å². The number of carboxylic acid groups (broad SMARTS) is 1. The van der Waals surface area contributed by atoms with Crippen molar-refractivity contribution in [3.8, 4) is 0 Å². The van der Waals surface area contributed by atoms with E-state index < -0.39 is 5.97 Å². The highest BCUT2D eigenvalue weighted by Crippen LogP contribution is 2.08. The van der Waals surface area contributed by atoms with E-state index in [9.17, 15) is 4.79 Å². The molecule has 0 fully saturated rings. The number of allylic oxidation sites excluding steroid dienone is 4. The monoisotopic (exact) mass is 360 g/mol. The first kappa shape index (κ1) is 24.0. The number of nitrogens with zero attached hydrogens (tertiary/aromatic N) is 2. The molecule has 0 unspecified atom stereocenters. The van der Waals surface area contributed by atoms with Crippen molar-refractivity contribution in [1.29, 1.82) is 0 Å². The van der Waals surface area contributed by atoms with Gasteiger partial charge < -0.3 is 5.11 Å². The molecular formula is C22H36N2O2. The second-order valence-corrected chi connectivity index (χ2v) is 6.28. The Morgan fingerprint density at radius 1 is 0.846 bits per heavy atom. The Morgan fingerprint density at radius 2 is 1.42 bits per heavy atom. The van der Waals surface area contributed by atoms with E-state index in [2.05, 4.69) is 41.2 Å². The first-order valence-electron chi connectivity index (χ1n) is 9.99. The summed E-state index contributed by atoms with van der Waals surface area (Å²) in [7, 11) is 0. The van der Waals surface area contributed by atoms with Crippen molar-refractivity contribution in [3.63, 3.8) is 0 Å². The molecule has 4 heteroatoms. The number of hydrogen-bond acceptors (Lipinski definition) is 3. The fourth-order valence-corrected chi connectivity index (χ4v) is 2.34. The summed E-state index contributed by atoms with van der Waals surface area (Å²) in [6, 6.07) is 1.78. The second-order valence-electron chi connectivity index (χ2n) is 6.28. The number of rotatable bonds is 14. The van der Waals surface area contributed by atoms with Gasteiger partial charge in [0, 0.05) is 18.8 Å². The summed E-state index contributed by atoms with van der Waals surface area (Å²) in [5.41, 5.74) is 0. The second kappa shape index (κ2) is 21.1. The summed E-state index contributed by atoms with van der Waals surface area (Å²) in [5.74, 6) is -0.671. The Morgan fingerprint density at radius 3 is 1.92 bits per heavy atom. The van der Waals surface area contributed by atoms with Crippen LogP contribution < -0.4 is 0 Å². The molecule has 4 nitrogen and oxygen atoms in total. The smallest absolute Gasteiger partial charge is 0.303 e. The van der Waals surface area contributed by atoms with Crippen molar-refractivity contribution in [1.82, 2.24) is 9.97 Å². The van der Waals surface area contributed by atoms with Crippen molar-refractivity contribution in [2.75, 3.05) is 0 Å². The van der Waals surface area contributed by atoms with Crippen LogP contribution in [0.1, 0.15) is 84.0 Å². The maximum atomic E-state index is 10.3. The predicted molar refractivity (Wildman–Crippen MR) is 109 cm³/mol. The van der Waals surface area contributed by atoms with E-state index in [0.717, 1.165) is 25.7 Å². The molecule has 0 amide bonds. The average molecular weight is 361 g/mol. The molecule has 0 saturated heterocycles. The lowest BCUT2D eigenvalue weighted by Gasteiger charge is -1.98. The summed E-state index contributed by atoms with van der Waals surface area (Å²) >= 11 is 0. The molecule has 0 saturated carbocycles. The van der Waals surface area contributed by atoms with Crippen LogP contribution in [-0.2, 0) is 4.79 Å². The minimum atomic E-state index is -0.671. The Hall–Kier alpha value is -1.97. The Labute approximate surface area is 159 Å². The number of aromatic nitrogens is 2. The Kier molecular flexibility index (Phi) is 19.5. The van der Waals surface area contributed by atoms with Gasteiger partial charge in [0.15, 0.2) is 0 Å². The largest absolute Gasteiger partial charge is 0.481 e. The van der Waals surface area contributed by atoms with Gasteiger partial charge in [-0.1, -0.05) is 63.3 Å². The molecule has 1 heterocycles. The van der Waals surface area contributed by atoms with Gasteiger partial charge in [-0.25, -0.2) is 9.97 Å². The third-order valence-electron chi connectivity index (χ3n) is 3.82. The molecule has 1 aromatic heterocycles. The fraction of sp³-hybridized carbons (Fsp3) is 0.591. The first-order valence-corrected chi connectivity index (χ1v) is 9.99. The quantitative estimate of drug-likeness (QED) is 0.310.